The summed E-state index contributed by atoms with van der Waals surface area (Å²) in [6.07, 6.45) is 14.8. The van der Waals surface area contributed by atoms with E-state index in [9.17, 15) is 0 Å². The Balaban J connectivity index is 2.16. The standard InChI is InChI=1S/C17H32/c1-5-6-16-9-11-17(12-10-16)13-15(4)8-7-14(2)3/h5-6,14-17H,7-13H2,1-4H3/b6-5+. The predicted molar refractivity (Wildman–Crippen MR) is 78.1 cm³/mol. The zero-order valence-corrected chi connectivity index (χ0v) is 12.4. The molecule has 0 heterocycles. The van der Waals surface area contributed by atoms with Gasteiger partial charge >= 0.3 is 0 Å². The molecule has 0 aromatic rings. The van der Waals surface area contributed by atoms with Crippen LogP contribution in [0.4, 0.5) is 0 Å². The lowest BCUT2D eigenvalue weighted by Gasteiger charge is -2.28. The molecule has 0 radical (unpaired) electrons. The van der Waals surface area contributed by atoms with Crippen LogP contribution in [0.1, 0.15) is 72.6 Å². The summed E-state index contributed by atoms with van der Waals surface area (Å²) in [6, 6.07) is 0. The summed E-state index contributed by atoms with van der Waals surface area (Å²) in [5, 5.41) is 0. The second-order valence-electron chi connectivity index (χ2n) is 6.62. The van der Waals surface area contributed by atoms with Crippen LogP contribution in [0.25, 0.3) is 0 Å². The van der Waals surface area contributed by atoms with Gasteiger partial charge in [0, 0.05) is 0 Å². The van der Waals surface area contributed by atoms with Gasteiger partial charge in [-0.25, -0.2) is 0 Å². The molecular weight excluding hydrogens is 204 g/mol. The van der Waals surface area contributed by atoms with Gasteiger partial charge in [-0.05, 0) is 62.7 Å². The second kappa shape index (κ2) is 7.95. The van der Waals surface area contributed by atoms with Crippen LogP contribution in [0.3, 0.4) is 0 Å². The Morgan fingerprint density at radius 3 is 2.18 bits per heavy atom. The number of hydrogen-bond acceptors (Lipinski definition) is 0. The molecule has 0 nitrogen and oxygen atoms in total. The van der Waals surface area contributed by atoms with Crippen LogP contribution in [0, 0.1) is 23.7 Å². The molecule has 100 valence electrons. The number of hydrogen-bond donors (Lipinski definition) is 0. The lowest BCUT2D eigenvalue weighted by molar-refractivity contribution is 0.255. The van der Waals surface area contributed by atoms with E-state index in [4.69, 9.17) is 0 Å². The Bertz CT molecular complexity index is 206. The van der Waals surface area contributed by atoms with Crippen LogP contribution >= 0.6 is 0 Å². The molecule has 0 spiro atoms. The fraction of sp³-hybridized carbons (Fsp3) is 0.882. The number of rotatable bonds is 6. The van der Waals surface area contributed by atoms with Gasteiger partial charge in [0.05, 0.1) is 0 Å². The molecule has 0 bridgehead atoms. The Morgan fingerprint density at radius 2 is 1.65 bits per heavy atom. The fourth-order valence-electron chi connectivity index (χ4n) is 3.19. The lowest BCUT2D eigenvalue weighted by atomic mass is 9.77. The first kappa shape index (κ1) is 14.8. The molecule has 0 aliphatic heterocycles. The summed E-state index contributed by atoms with van der Waals surface area (Å²) >= 11 is 0. The van der Waals surface area contributed by atoms with Crippen molar-refractivity contribution in [1.82, 2.24) is 0 Å². The van der Waals surface area contributed by atoms with Crippen molar-refractivity contribution in [2.45, 2.75) is 72.6 Å². The summed E-state index contributed by atoms with van der Waals surface area (Å²) in [5.74, 6) is 3.74. The van der Waals surface area contributed by atoms with E-state index in [0.717, 1.165) is 23.7 Å². The quantitative estimate of drug-likeness (QED) is 0.509. The molecule has 1 unspecified atom stereocenters. The van der Waals surface area contributed by atoms with E-state index >= 15 is 0 Å². The van der Waals surface area contributed by atoms with Crippen molar-refractivity contribution in [3.63, 3.8) is 0 Å². The molecule has 0 amide bonds. The first-order valence-corrected chi connectivity index (χ1v) is 7.74. The zero-order valence-electron chi connectivity index (χ0n) is 12.4. The highest BCUT2D eigenvalue weighted by molar-refractivity contribution is 4.88. The topological polar surface area (TPSA) is 0 Å². The first-order chi connectivity index (χ1) is 8.11. The van der Waals surface area contributed by atoms with Gasteiger partial charge in [0.2, 0.25) is 0 Å². The van der Waals surface area contributed by atoms with Gasteiger partial charge in [0.25, 0.3) is 0 Å². The van der Waals surface area contributed by atoms with Crippen molar-refractivity contribution < 1.29 is 0 Å². The minimum atomic E-state index is 0.878. The Morgan fingerprint density at radius 1 is 1.00 bits per heavy atom. The second-order valence-corrected chi connectivity index (χ2v) is 6.62. The van der Waals surface area contributed by atoms with E-state index in [2.05, 4.69) is 39.8 Å². The highest BCUT2D eigenvalue weighted by Gasteiger charge is 2.20. The molecule has 0 heteroatoms. The largest absolute Gasteiger partial charge is 0.0914 e. The van der Waals surface area contributed by atoms with Gasteiger partial charge in [0.15, 0.2) is 0 Å². The van der Waals surface area contributed by atoms with Crippen molar-refractivity contribution in [2.24, 2.45) is 23.7 Å². The molecule has 1 atom stereocenters. The van der Waals surface area contributed by atoms with E-state index in [1.165, 1.54) is 44.9 Å². The maximum atomic E-state index is 2.46. The van der Waals surface area contributed by atoms with E-state index < -0.39 is 0 Å². The Hall–Kier alpha value is -0.260. The van der Waals surface area contributed by atoms with Gasteiger partial charge in [-0.2, -0.15) is 0 Å². The molecule has 1 aliphatic rings. The van der Waals surface area contributed by atoms with Gasteiger partial charge in [-0.15, -0.1) is 0 Å². The Kier molecular flexibility index (Phi) is 6.92. The predicted octanol–water partition coefficient (Wildman–Crippen LogP) is 5.83. The summed E-state index contributed by atoms with van der Waals surface area (Å²) in [5.41, 5.74) is 0. The molecule has 1 saturated carbocycles. The molecular formula is C17H32. The molecule has 0 aromatic heterocycles. The van der Waals surface area contributed by atoms with Crippen LogP contribution in [-0.4, -0.2) is 0 Å². The van der Waals surface area contributed by atoms with Crippen molar-refractivity contribution >= 4 is 0 Å². The monoisotopic (exact) mass is 236 g/mol. The fourth-order valence-corrected chi connectivity index (χ4v) is 3.19. The summed E-state index contributed by atoms with van der Waals surface area (Å²) in [4.78, 5) is 0. The molecule has 1 fully saturated rings. The minimum Gasteiger partial charge on any atom is -0.0914 e. The van der Waals surface area contributed by atoms with Crippen LogP contribution in [0.5, 0.6) is 0 Å². The smallest absolute Gasteiger partial charge is 0.0233 e. The van der Waals surface area contributed by atoms with Crippen molar-refractivity contribution in [2.75, 3.05) is 0 Å². The first-order valence-electron chi connectivity index (χ1n) is 7.74. The third-order valence-corrected chi connectivity index (χ3v) is 4.33. The zero-order chi connectivity index (χ0) is 12.7. The normalized spacial score (nSPS) is 27.8. The summed E-state index contributed by atoms with van der Waals surface area (Å²) in [6.45, 7) is 9.30. The third kappa shape index (κ3) is 6.29. The van der Waals surface area contributed by atoms with Crippen LogP contribution in [-0.2, 0) is 0 Å². The number of allylic oxidation sites excluding steroid dienone is 2. The maximum Gasteiger partial charge on any atom is -0.0233 e. The van der Waals surface area contributed by atoms with Gasteiger partial charge in [0.1, 0.15) is 0 Å². The van der Waals surface area contributed by atoms with Crippen LogP contribution in [0.15, 0.2) is 12.2 Å². The van der Waals surface area contributed by atoms with Crippen LogP contribution < -0.4 is 0 Å². The van der Waals surface area contributed by atoms with Gasteiger partial charge in [-0.1, -0.05) is 45.8 Å². The molecule has 0 aromatic carbocycles. The van der Waals surface area contributed by atoms with E-state index in [-0.39, 0.29) is 0 Å². The highest BCUT2D eigenvalue weighted by atomic mass is 14.3. The average molecular weight is 236 g/mol. The van der Waals surface area contributed by atoms with Crippen molar-refractivity contribution in [1.29, 1.82) is 0 Å². The third-order valence-electron chi connectivity index (χ3n) is 4.33. The molecule has 1 aliphatic carbocycles. The molecule has 17 heavy (non-hydrogen) atoms. The van der Waals surface area contributed by atoms with E-state index in [1.807, 2.05) is 0 Å². The van der Waals surface area contributed by atoms with Gasteiger partial charge in [-0.3, -0.25) is 0 Å². The van der Waals surface area contributed by atoms with E-state index in [1.54, 1.807) is 0 Å². The highest BCUT2D eigenvalue weighted by Crippen LogP contribution is 2.34. The summed E-state index contributed by atoms with van der Waals surface area (Å²) in [7, 11) is 0. The Labute approximate surface area is 109 Å². The molecule has 1 rings (SSSR count). The maximum absolute atomic E-state index is 2.46. The van der Waals surface area contributed by atoms with E-state index in [0.29, 0.717) is 0 Å². The molecule has 0 N–H and O–H groups in total. The van der Waals surface area contributed by atoms with Crippen molar-refractivity contribution in [3.8, 4) is 0 Å². The minimum absolute atomic E-state index is 0.878. The SMILES string of the molecule is C/C=C/C1CCC(CC(C)CCC(C)C)CC1. The summed E-state index contributed by atoms with van der Waals surface area (Å²) < 4.78 is 0. The lowest BCUT2D eigenvalue weighted by Crippen LogP contribution is -2.15. The van der Waals surface area contributed by atoms with Gasteiger partial charge < -0.3 is 0 Å². The average Bonchev–Trinajstić information content (AvgIpc) is 2.29. The van der Waals surface area contributed by atoms with Crippen molar-refractivity contribution in [3.05, 3.63) is 12.2 Å². The van der Waals surface area contributed by atoms with Crippen LogP contribution in [0.2, 0.25) is 0 Å². The molecule has 0 saturated heterocycles.